The zero-order chi connectivity index (χ0) is 13.2. The maximum atomic E-state index is 12.4. The Hall–Kier alpha value is -2.16. The molecule has 3 nitrogen and oxygen atoms in total. The van der Waals surface area contributed by atoms with Crippen molar-refractivity contribution in [3.8, 4) is 0 Å². The minimum Gasteiger partial charge on any atom is -0.385 e. The van der Waals surface area contributed by atoms with E-state index in [2.05, 4.69) is 10.3 Å². The number of aromatic nitrogens is 1. The molecule has 0 saturated carbocycles. The van der Waals surface area contributed by atoms with Gasteiger partial charge in [0.2, 0.25) is 0 Å². The smallest absolute Gasteiger partial charge is 0.194 e. The topological polar surface area (TPSA) is 42.0 Å². The fourth-order valence-electron chi connectivity index (χ4n) is 2.46. The van der Waals surface area contributed by atoms with Crippen LogP contribution in [0.1, 0.15) is 33.5 Å². The lowest BCUT2D eigenvalue weighted by Gasteiger charge is -2.18. The minimum atomic E-state index is 0.0459. The van der Waals surface area contributed by atoms with Crippen LogP contribution in [0.4, 0.5) is 5.69 Å². The molecule has 0 fully saturated rings. The van der Waals surface area contributed by atoms with E-state index >= 15 is 0 Å². The van der Waals surface area contributed by atoms with Crippen molar-refractivity contribution in [1.29, 1.82) is 0 Å². The number of nitrogens with zero attached hydrogens (tertiary/aromatic N) is 1. The summed E-state index contributed by atoms with van der Waals surface area (Å²) in [4.78, 5) is 16.5. The van der Waals surface area contributed by atoms with E-state index in [9.17, 15) is 4.79 Å². The highest BCUT2D eigenvalue weighted by molar-refractivity contribution is 6.09. The first-order valence-corrected chi connectivity index (χ1v) is 6.57. The Kier molecular flexibility index (Phi) is 3.03. The monoisotopic (exact) mass is 252 g/mol. The van der Waals surface area contributed by atoms with Gasteiger partial charge in [0.15, 0.2) is 5.78 Å². The highest BCUT2D eigenvalue weighted by atomic mass is 16.1. The number of aryl methyl sites for hydroxylation is 2. The Morgan fingerprint density at radius 1 is 1.21 bits per heavy atom. The van der Waals surface area contributed by atoms with Gasteiger partial charge in [0.1, 0.15) is 0 Å². The van der Waals surface area contributed by atoms with Gasteiger partial charge in [-0.1, -0.05) is 0 Å². The van der Waals surface area contributed by atoms with E-state index in [-0.39, 0.29) is 5.78 Å². The lowest BCUT2D eigenvalue weighted by Crippen LogP contribution is -2.13. The van der Waals surface area contributed by atoms with Gasteiger partial charge in [-0.2, -0.15) is 0 Å². The summed E-state index contributed by atoms with van der Waals surface area (Å²) in [5, 5.41) is 3.35. The molecule has 0 radical (unpaired) electrons. The van der Waals surface area contributed by atoms with Gasteiger partial charge < -0.3 is 5.32 Å². The molecule has 0 saturated heterocycles. The molecular formula is C16H16N2O. The molecule has 0 spiro atoms. The number of pyridine rings is 1. The van der Waals surface area contributed by atoms with Crippen molar-refractivity contribution in [2.75, 3.05) is 11.9 Å². The van der Waals surface area contributed by atoms with Crippen molar-refractivity contribution in [2.45, 2.75) is 19.8 Å². The van der Waals surface area contributed by atoms with Crippen molar-refractivity contribution < 1.29 is 4.79 Å². The SMILES string of the molecule is Cc1cncc(C(=O)c2ccc3c(c2)CCCN3)c1. The van der Waals surface area contributed by atoms with Gasteiger partial charge in [0, 0.05) is 35.8 Å². The molecule has 0 unspecified atom stereocenters. The van der Waals surface area contributed by atoms with Crippen LogP contribution >= 0.6 is 0 Å². The van der Waals surface area contributed by atoms with E-state index < -0.39 is 0 Å². The number of carbonyl (C=O) groups is 1. The van der Waals surface area contributed by atoms with Crippen LogP contribution in [0.15, 0.2) is 36.7 Å². The standard InChI is InChI=1S/C16H16N2O/c1-11-7-14(10-17-9-11)16(19)13-4-5-15-12(8-13)3-2-6-18-15/h4-5,7-10,18H,2-3,6H2,1H3. The quantitative estimate of drug-likeness (QED) is 0.835. The summed E-state index contributed by atoms with van der Waals surface area (Å²) in [7, 11) is 0. The second kappa shape index (κ2) is 4.84. The Morgan fingerprint density at radius 3 is 2.95 bits per heavy atom. The lowest BCUT2D eigenvalue weighted by atomic mass is 9.97. The highest BCUT2D eigenvalue weighted by Gasteiger charge is 2.14. The van der Waals surface area contributed by atoms with Crippen molar-refractivity contribution in [3.63, 3.8) is 0 Å². The molecule has 2 aromatic rings. The van der Waals surface area contributed by atoms with Crippen LogP contribution in [0, 0.1) is 6.92 Å². The number of benzene rings is 1. The van der Waals surface area contributed by atoms with E-state index in [1.807, 2.05) is 31.2 Å². The summed E-state index contributed by atoms with van der Waals surface area (Å²) in [5.41, 5.74) is 4.80. The molecule has 0 amide bonds. The fraction of sp³-hybridized carbons (Fsp3) is 0.250. The van der Waals surface area contributed by atoms with Crippen LogP contribution < -0.4 is 5.32 Å². The van der Waals surface area contributed by atoms with Crippen molar-refractivity contribution in [3.05, 3.63) is 58.9 Å². The molecule has 2 heterocycles. The van der Waals surface area contributed by atoms with Crippen molar-refractivity contribution in [1.82, 2.24) is 4.98 Å². The second-order valence-corrected chi connectivity index (χ2v) is 4.98. The Labute approximate surface area is 112 Å². The molecule has 1 aliphatic heterocycles. The average Bonchev–Trinajstić information content (AvgIpc) is 2.46. The summed E-state index contributed by atoms with van der Waals surface area (Å²) in [6.07, 6.45) is 5.55. The van der Waals surface area contributed by atoms with Gasteiger partial charge in [0.05, 0.1) is 0 Å². The Balaban J connectivity index is 1.96. The lowest BCUT2D eigenvalue weighted by molar-refractivity contribution is 0.103. The van der Waals surface area contributed by atoms with Crippen LogP contribution in [0.3, 0.4) is 0 Å². The summed E-state index contributed by atoms with van der Waals surface area (Å²) in [6, 6.07) is 7.78. The fourth-order valence-corrected chi connectivity index (χ4v) is 2.46. The van der Waals surface area contributed by atoms with Gasteiger partial charge in [-0.15, -0.1) is 0 Å². The number of nitrogens with one attached hydrogen (secondary N) is 1. The molecule has 1 aliphatic rings. The van der Waals surface area contributed by atoms with Crippen LogP contribution in [-0.4, -0.2) is 17.3 Å². The predicted octanol–water partition coefficient (Wildman–Crippen LogP) is 2.98. The number of ketones is 1. The number of carbonyl (C=O) groups excluding carboxylic acids is 1. The predicted molar refractivity (Wildman–Crippen MR) is 75.7 cm³/mol. The maximum Gasteiger partial charge on any atom is 0.194 e. The number of anilines is 1. The first-order chi connectivity index (χ1) is 9.24. The largest absolute Gasteiger partial charge is 0.385 e. The number of hydrogen-bond donors (Lipinski definition) is 1. The Bertz CT molecular complexity index is 634. The highest BCUT2D eigenvalue weighted by Crippen LogP contribution is 2.24. The second-order valence-electron chi connectivity index (χ2n) is 4.98. The maximum absolute atomic E-state index is 12.4. The van der Waals surface area contributed by atoms with Gasteiger partial charge >= 0.3 is 0 Å². The zero-order valence-electron chi connectivity index (χ0n) is 10.9. The van der Waals surface area contributed by atoms with Gasteiger partial charge in [-0.3, -0.25) is 9.78 Å². The summed E-state index contributed by atoms with van der Waals surface area (Å²) in [5.74, 6) is 0.0459. The molecule has 3 rings (SSSR count). The number of hydrogen-bond acceptors (Lipinski definition) is 3. The molecule has 19 heavy (non-hydrogen) atoms. The number of fused-ring (bicyclic) bond motifs is 1. The summed E-state index contributed by atoms with van der Waals surface area (Å²) < 4.78 is 0. The van der Waals surface area contributed by atoms with Crippen molar-refractivity contribution >= 4 is 11.5 Å². The van der Waals surface area contributed by atoms with E-state index in [0.717, 1.165) is 36.2 Å². The Morgan fingerprint density at radius 2 is 2.11 bits per heavy atom. The van der Waals surface area contributed by atoms with Crippen LogP contribution in [0.25, 0.3) is 0 Å². The third-order valence-corrected chi connectivity index (χ3v) is 3.44. The molecule has 0 atom stereocenters. The molecule has 1 N–H and O–H groups in total. The molecular weight excluding hydrogens is 236 g/mol. The number of rotatable bonds is 2. The molecule has 0 aliphatic carbocycles. The van der Waals surface area contributed by atoms with E-state index in [4.69, 9.17) is 0 Å². The van der Waals surface area contributed by atoms with E-state index in [1.54, 1.807) is 12.4 Å². The minimum absolute atomic E-state index is 0.0459. The van der Waals surface area contributed by atoms with Gasteiger partial charge in [0.25, 0.3) is 0 Å². The third-order valence-electron chi connectivity index (χ3n) is 3.44. The summed E-state index contributed by atoms with van der Waals surface area (Å²) >= 11 is 0. The third kappa shape index (κ3) is 2.36. The first-order valence-electron chi connectivity index (χ1n) is 6.57. The zero-order valence-corrected chi connectivity index (χ0v) is 10.9. The van der Waals surface area contributed by atoms with Crippen molar-refractivity contribution in [2.24, 2.45) is 0 Å². The van der Waals surface area contributed by atoms with Crippen LogP contribution in [0.2, 0.25) is 0 Å². The average molecular weight is 252 g/mol. The molecule has 0 bridgehead atoms. The summed E-state index contributed by atoms with van der Waals surface area (Å²) in [6.45, 7) is 2.96. The van der Waals surface area contributed by atoms with Gasteiger partial charge in [-0.25, -0.2) is 0 Å². The first kappa shape index (κ1) is 11.9. The van der Waals surface area contributed by atoms with Crippen LogP contribution in [-0.2, 0) is 6.42 Å². The normalized spacial score (nSPS) is 13.5. The molecule has 1 aromatic carbocycles. The van der Waals surface area contributed by atoms with Crippen LogP contribution in [0.5, 0.6) is 0 Å². The molecule has 96 valence electrons. The molecule has 3 heteroatoms. The van der Waals surface area contributed by atoms with E-state index in [1.165, 1.54) is 5.56 Å². The van der Waals surface area contributed by atoms with E-state index in [0.29, 0.717) is 5.56 Å². The molecule has 1 aromatic heterocycles. The van der Waals surface area contributed by atoms with Gasteiger partial charge in [-0.05, 0) is 55.2 Å².